The molecule has 0 saturated heterocycles. The van der Waals surface area contributed by atoms with Gasteiger partial charge >= 0.3 is 6.03 Å². The maximum absolute atomic E-state index is 11.3. The maximum Gasteiger partial charge on any atom is 0.319 e. The highest BCUT2D eigenvalue weighted by atomic mass is 35.5. The van der Waals surface area contributed by atoms with Crippen LogP contribution in [0.4, 0.5) is 16.2 Å². The van der Waals surface area contributed by atoms with Crippen LogP contribution in [0.15, 0.2) is 24.3 Å². The van der Waals surface area contributed by atoms with Crippen molar-refractivity contribution in [3.05, 3.63) is 24.3 Å². The zero-order valence-electron chi connectivity index (χ0n) is 9.73. The highest BCUT2D eigenvalue weighted by Crippen LogP contribution is 2.14. The summed E-state index contributed by atoms with van der Waals surface area (Å²) in [5.41, 5.74) is 0.991. The van der Waals surface area contributed by atoms with Gasteiger partial charge in [-0.25, -0.2) is 13.2 Å². The van der Waals surface area contributed by atoms with E-state index in [1.165, 1.54) is 0 Å². The number of amides is 2. The van der Waals surface area contributed by atoms with Gasteiger partial charge in [-0.3, -0.25) is 4.72 Å². The standard InChI is InChI=1S/C10H14ClN3O3S/c1-18(16,17)14-9-4-2-8(3-5-9)13-10(15)12-7-6-11/h2-5,14H,6-7H2,1H3,(H2,12,13,15). The van der Waals surface area contributed by atoms with E-state index in [2.05, 4.69) is 15.4 Å². The predicted molar refractivity (Wildman–Crippen MR) is 72.6 cm³/mol. The summed E-state index contributed by atoms with van der Waals surface area (Å²) in [6.07, 6.45) is 1.07. The SMILES string of the molecule is CS(=O)(=O)Nc1ccc(NC(=O)NCCCl)cc1. The lowest BCUT2D eigenvalue weighted by atomic mass is 10.3. The summed E-state index contributed by atoms with van der Waals surface area (Å²) in [7, 11) is -3.29. The van der Waals surface area contributed by atoms with E-state index in [-0.39, 0.29) is 6.03 Å². The highest BCUT2D eigenvalue weighted by Gasteiger charge is 2.03. The van der Waals surface area contributed by atoms with Gasteiger partial charge in [0.15, 0.2) is 0 Å². The number of halogens is 1. The smallest absolute Gasteiger partial charge is 0.319 e. The molecule has 0 radical (unpaired) electrons. The van der Waals surface area contributed by atoms with Crippen LogP contribution in [0.5, 0.6) is 0 Å². The molecule has 8 heteroatoms. The number of rotatable bonds is 5. The number of hydrogen-bond donors (Lipinski definition) is 3. The van der Waals surface area contributed by atoms with Crippen LogP contribution in [-0.2, 0) is 10.0 Å². The number of urea groups is 1. The molecule has 3 N–H and O–H groups in total. The minimum atomic E-state index is -3.29. The molecule has 0 bridgehead atoms. The molecule has 6 nitrogen and oxygen atoms in total. The molecule has 1 rings (SSSR count). The van der Waals surface area contributed by atoms with Crippen molar-refractivity contribution in [1.82, 2.24) is 5.32 Å². The van der Waals surface area contributed by atoms with E-state index in [1.807, 2.05) is 0 Å². The van der Waals surface area contributed by atoms with Gasteiger partial charge < -0.3 is 10.6 Å². The Morgan fingerprint density at radius 2 is 1.78 bits per heavy atom. The molecular weight excluding hydrogens is 278 g/mol. The molecule has 0 saturated carbocycles. The molecular formula is C10H14ClN3O3S. The second kappa shape index (κ2) is 6.46. The fourth-order valence-corrected chi connectivity index (χ4v) is 1.83. The summed E-state index contributed by atoms with van der Waals surface area (Å²) < 4.78 is 24.3. The van der Waals surface area contributed by atoms with Crippen molar-refractivity contribution in [1.29, 1.82) is 0 Å². The number of carbonyl (C=O) groups excluding carboxylic acids is 1. The Balaban J connectivity index is 2.58. The first-order valence-electron chi connectivity index (χ1n) is 5.09. The Morgan fingerprint density at radius 1 is 1.22 bits per heavy atom. The van der Waals surface area contributed by atoms with Crippen LogP contribution in [0.25, 0.3) is 0 Å². The molecule has 0 aromatic heterocycles. The lowest BCUT2D eigenvalue weighted by Gasteiger charge is -2.08. The van der Waals surface area contributed by atoms with Gasteiger partial charge in [-0.1, -0.05) is 0 Å². The van der Waals surface area contributed by atoms with Crippen LogP contribution in [0.1, 0.15) is 0 Å². The molecule has 100 valence electrons. The second-order valence-corrected chi connectivity index (χ2v) is 5.65. The van der Waals surface area contributed by atoms with Crippen molar-refractivity contribution in [3.63, 3.8) is 0 Å². The molecule has 0 aliphatic rings. The third-order valence-electron chi connectivity index (χ3n) is 1.83. The van der Waals surface area contributed by atoms with E-state index in [1.54, 1.807) is 24.3 Å². The summed E-state index contributed by atoms with van der Waals surface area (Å²) in [5.74, 6) is 0.338. The topological polar surface area (TPSA) is 87.3 Å². The molecule has 2 amide bonds. The first kappa shape index (κ1) is 14.6. The Hall–Kier alpha value is -1.47. The number of hydrogen-bond acceptors (Lipinski definition) is 3. The van der Waals surface area contributed by atoms with Gasteiger partial charge in [-0.15, -0.1) is 11.6 Å². The van der Waals surface area contributed by atoms with Gasteiger partial charge in [-0.05, 0) is 24.3 Å². The number of nitrogens with one attached hydrogen (secondary N) is 3. The number of alkyl halides is 1. The summed E-state index contributed by atoms with van der Waals surface area (Å²) >= 11 is 5.42. The highest BCUT2D eigenvalue weighted by molar-refractivity contribution is 7.92. The van der Waals surface area contributed by atoms with Gasteiger partial charge in [0.25, 0.3) is 0 Å². The zero-order valence-corrected chi connectivity index (χ0v) is 11.3. The largest absolute Gasteiger partial charge is 0.337 e. The van der Waals surface area contributed by atoms with Crippen molar-refractivity contribution >= 4 is 39.0 Å². The van der Waals surface area contributed by atoms with Crippen LogP contribution >= 0.6 is 11.6 Å². The quantitative estimate of drug-likeness (QED) is 0.717. The van der Waals surface area contributed by atoms with Crippen LogP contribution in [0.3, 0.4) is 0 Å². The minimum Gasteiger partial charge on any atom is -0.337 e. The van der Waals surface area contributed by atoms with E-state index < -0.39 is 10.0 Å². The molecule has 0 fully saturated rings. The van der Waals surface area contributed by atoms with E-state index in [0.29, 0.717) is 23.8 Å². The molecule has 0 spiro atoms. The Bertz CT molecular complexity index is 502. The molecule has 0 aliphatic carbocycles. The van der Waals surface area contributed by atoms with Crippen molar-refractivity contribution in [2.75, 3.05) is 28.7 Å². The lowest BCUT2D eigenvalue weighted by molar-refractivity contribution is 0.252. The average Bonchev–Trinajstić information content (AvgIpc) is 2.27. The number of benzene rings is 1. The first-order chi connectivity index (χ1) is 8.40. The average molecular weight is 292 g/mol. The fraction of sp³-hybridized carbons (Fsp3) is 0.300. The monoisotopic (exact) mass is 291 g/mol. The summed E-state index contributed by atoms with van der Waals surface area (Å²) in [4.78, 5) is 11.3. The van der Waals surface area contributed by atoms with Crippen LogP contribution in [0.2, 0.25) is 0 Å². The molecule has 0 aliphatic heterocycles. The number of sulfonamides is 1. The summed E-state index contributed by atoms with van der Waals surface area (Å²) in [5, 5.41) is 5.12. The van der Waals surface area contributed by atoms with E-state index >= 15 is 0 Å². The summed E-state index contributed by atoms with van der Waals surface area (Å²) in [6, 6.07) is 5.93. The first-order valence-corrected chi connectivity index (χ1v) is 7.52. The lowest BCUT2D eigenvalue weighted by Crippen LogP contribution is -2.30. The Labute approximate surface area is 111 Å². The van der Waals surface area contributed by atoms with Crippen LogP contribution in [-0.4, -0.2) is 33.1 Å². The van der Waals surface area contributed by atoms with Gasteiger partial charge in [-0.2, -0.15) is 0 Å². The number of carbonyl (C=O) groups is 1. The van der Waals surface area contributed by atoms with Gasteiger partial charge in [0.1, 0.15) is 0 Å². The molecule has 1 aromatic rings. The molecule has 0 heterocycles. The predicted octanol–water partition coefficient (Wildman–Crippen LogP) is 1.42. The summed E-state index contributed by atoms with van der Waals surface area (Å²) in [6.45, 7) is 0.376. The van der Waals surface area contributed by atoms with E-state index in [9.17, 15) is 13.2 Å². The van der Waals surface area contributed by atoms with Crippen molar-refractivity contribution in [3.8, 4) is 0 Å². The molecule has 0 atom stereocenters. The third-order valence-corrected chi connectivity index (χ3v) is 2.62. The minimum absolute atomic E-state index is 0.338. The maximum atomic E-state index is 11.3. The van der Waals surface area contributed by atoms with Crippen molar-refractivity contribution in [2.45, 2.75) is 0 Å². The third kappa shape index (κ3) is 5.74. The Kier molecular flexibility index (Phi) is 5.24. The number of anilines is 2. The van der Waals surface area contributed by atoms with E-state index in [4.69, 9.17) is 11.6 Å². The Morgan fingerprint density at radius 3 is 2.28 bits per heavy atom. The van der Waals surface area contributed by atoms with Gasteiger partial charge in [0.2, 0.25) is 10.0 Å². The fourth-order valence-electron chi connectivity index (χ4n) is 1.17. The van der Waals surface area contributed by atoms with Gasteiger partial charge in [0.05, 0.1) is 6.26 Å². The zero-order chi connectivity index (χ0) is 13.6. The van der Waals surface area contributed by atoms with Crippen molar-refractivity contribution < 1.29 is 13.2 Å². The van der Waals surface area contributed by atoms with Gasteiger partial charge in [0, 0.05) is 23.8 Å². The van der Waals surface area contributed by atoms with Crippen LogP contribution < -0.4 is 15.4 Å². The van der Waals surface area contributed by atoms with Crippen molar-refractivity contribution in [2.24, 2.45) is 0 Å². The molecule has 18 heavy (non-hydrogen) atoms. The van der Waals surface area contributed by atoms with Crippen LogP contribution in [0, 0.1) is 0 Å². The molecule has 1 aromatic carbocycles. The second-order valence-electron chi connectivity index (χ2n) is 3.52. The normalized spacial score (nSPS) is 10.8. The molecule has 0 unspecified atom stereocenters. The van der Waals surface area contributed by atoms with E-state index in [0.717, 1.165) is 6.26 Å².